The number of hydrogen-bond acceptors (Lipinski definition) is 3. The van der Waals surface area contributed by atoms with Crippen LogP contribution in [0.1, 0.15) is 40.0 Å². The molecule has 1 aliphatic rings. The molecule has 0 spiro atoms. The zero-order chi connectivity index (χ0) is 13.3. The second kappa shape index (κ2) is 4.94. The third kappa shape index (κ3) is 3.19. The zero-order valence-corrected chi connectivity index (χ0v) is 11.8. The van der Waals surface area contributed by atoms with E-state index in [1.807, 2.05) is 20.8 Å². The number of carbonyl (C=O) groups excluding carboxylic acids is 1. The van der Waals surface area contributed by atoms with Crippen molar-refractivity contribution >= 4 is 5.91 Å². The van der Waals surface area contributed by atoms with Crippen LogP contribution in [-0.4, -0.2) is 43.0 Å². The molecule has 0 radical (unpaired) electrons. The van der Waals surface area contributed by atoms with Gasteiger partial charge in [0.2, 0.25) is 5.91 Å². The predicted molar refractivity (Wildman–Crippen MR) is 70.7 cm³/mol. The molecule has 0 bridgehead atoms. The van der Waals surface area contributed by atoms with E-state index in [-0.39, 0.29) is 16.9 Å². The second-order valence-electron chi connectivity index (χ2n) is 6.53. The Balaban J connectivity index is 2.48. The first kappa shape index (κ1) is 14.5. The summed E-state index contributed by atoms with van der Waals surface area (Å²) in [5.41, 5.74) is 5.91. The van der Waals surface area contributed by atoms with E-state index in [9.17, 15) is 4.79 Å². The van der Waals surface area contributed by atoms with Gasteiger partial charge in [-0.15, -0.1) is 0 Å². The lowest BCUT2D eigenvalue weighted by atomic mass is 9.75. The van der Waals surface area contributed by atoms with Gasteiger partial charge in [0, 0.05) is 12.1 Å². The van der Waals surface area contributed by atoms with Crippen LogP contribution in [0, 0.1) is 5.41 Å². The summed E-state index contributed by atoms with van der Waals surface area (Å²) in [5, 5.41) is 3.01. The molecule has 4 heteroatoms. The number of nitrogens with two attached hydrogens (primary N) is 1. The first-order valence-electron chi connectivity index (χ1n) is 6.40. The number of nitrogens with zero attached hydrogens (tertiary/aromatic N) is 1. The Hall–Kier alpha value is -0.610. The maximum Gasteiger partial charge on any atom is 0.237 e. The van der Waals surface area contributed by atoms with Crippen LogP contribution in [-0.2, 0) is 4.79 Å². The fourth-order valence-corrected chi connectivity index (χ4v) is 2.12. The summed E-state index contributed by atoms with van der Waals surface area (Å²) in [7, 11) is 4.16. The molecule has 0 heterocycles. The normalized spacial score (nSPS) is 20.9. The van der Waals surface area contributed by atoms with Crippen LogP contribution in [0.4, 0.5) is 0 Å². The standard InChI is InChI=1S/C13H27N3O/c1-12(2,3)10(14)11(17)15-9-13(16(4)5)7-6-8-13/h10H,6-9,14H2,1-5H3,(H,15,17)/t10-/m1/s1. The van der Waals surface area contributed by atoms with Gasteiger partial charge in [-0.1, -0.05) is 20.8 Å². The molecular weight excluding hydrogens is 214 g/mol. The molecule has 1 atom stereocenters. The van der Waals surface area contributed by atoms with E-state index in [2.05, 4.69) is 24.3 Å². The van der Waals surface area contributed by atoms with E-state index in [1.54, 1.807) is 0 Å². The minimum atomic E-state index is -0.443. The summed E-state index contributed by atoms with van der Waals surface area (Å²) in [6, 6.07) is -0.443. The van der Waals surface area contributed by atoms with Gasteiger partial charge < -0.3 is 16.0 Å². The van der Waals surface area contributed by atoms with Crippen molar-refractivity contribution in [2.75, 3.05) is 20.6 Å². The third-order valence-electron chi connectivity index (χ3n) is 4.04. The molecule has 1 amide bonds. The number of hydrogen-bond donors (Lipinski definition) is 2. The van der Waals surface area contributed by atoms with Crippen molar-refractivity contribution in [3.8, 4) is 0 Å². The van der Waals surface area contributed by atoms with E-state index < -0.39 is 6.04 Å². The average molecular weight is 241 g/mol. The van der Waals surface area contributed by atoms with Crippen molar-refractivity contribution in [3.63, 3.8) is 0 Å². The lowest BCUT2D eigenvalue weighted by Crippen LogP contribution is -2.59. The molecule has 1 saturated carbocycles. The van der Waals surface area contributed by atoms with Gasteiger partial charge in [0.25, 0.3) is 0 Å². The molecule has 3 N–H and O–H groups in total. The molecule has 17 heavy (non-hydrogen) atoms. The molecule has 0 aromatic carbocycles. The molecule has 1 fully saturated rings. The summed E-state index contributed by atoms with van der Waals surface area (Å²) in [6.07, 6.45) is 3.56. The lowest BCUT2D eigenvalue weighted by molar-refractivity contribution is -0.125. The largest absolute Gasteiger partial charge is 0.353 e. The van der Waals surface area contributed by atoms with Crippen molar-refractivity contribution in [3.05, 3.63) is 0 Å². The summed E-state index contributed by atoms with van der Waals surface area (Å²) in [5.74, 6) is -0.0365. The molecule has 4 nitrogen and oxygen atoms in total. The molecule has 1 aliphatic carbocycles. The monoisotopic (exact) mass is 241 g/mol. The average Bonchev–Trinajstić information content (AvgIpc) is 2.12. The fraction of sp³-hybridized carbons (Fsp3) is 0.923. The molecule has 100 valence electrons. The van der Waals surface area contributed by atoms with E-state index in [1.165, 1.54) is 6.42 Å². The first-order chi connectivity index (χ1) is 7.69. The highest BCUT2D eigenvalue weighted by Crippen LogP contribution is 2.35. The van der Waals surface area contributed by atoms with Crippen LogP contribution in [0.25, 0.3) is 0 Å². The topological polar surface area (TPSA) is 58.4 Å². The smallest absolute Gasteiger partial charge is 0.237 e. The Morgan fingerprint density at radius 3 is 2.24 bits per heavy atom. The maximum atomic E-state index is 11.9. The van der Waals surface area contributed by atoms with Gasteiger partial charge in [-0.05, 0) is 38.8 Å². The van der Waals surface area contributed by atoms with Crippen LogP contribution >= 0.6 is 0 Å². The van der Waals surface area contributed by atoms with E-state index in [0.29, 0.717) is 6.54 Å². The van der Waals surface area contributed by atoms with Gasteiger partial charge in [0.1, 0.15) is 0 Å². The molecular formula is C13H27N3O. The lowest BCUT2D eigenvalue weighted by Gasteiger charge is -2.47. The van der Waals surface area contributed by atoms with Crippen LogP contribution in [0.3, 0.4) is 0 Å². The minimum Gasteiger partial charge on any atom is -0.353 e. The highest BCUT2D eigenvalue weighted by Gasteiger charge is 2.40. The van der Waals surface area contributed by atoms with Gasteiger partial charge in [-0.2, -0.15) is 0 Å². The predicted octanol–water partition coefficient (Wildman–Crippen LogP) is 0.960. The number of nitrogens with one attached hydrogen (secondary N) is 1. The minimum absolute atomic E-state index is 0.0365. The Labute approximate surface area is 105 Å². The van der Waals surface area contributed by atoms with Gasteiger partial charge in [0.05, 0.1) is 6.04 Å². The van der Waals surface area contributed by atoms with Crippen molar-refractivity contribution in [1.29, 1.82) is 0 Å². The Kier molecular flexibility index (Phi) is 4.20. The van der Waals surface area contributed by atoms with E-state index in [0.717, 1.165) is 12.8 Å². The Morgan fingerprint density at radius 1 is 1.41 bits per heavy atom. The van der Waals surface area contributed by atoms with Crippen molar-refractivity contribution < 1.29 is 4.79 Å². The van der Waals surface area contributed by atoms with Crippen LogP contribution < -0.4 is 11.1 Å². The highest BCUT2D eigenvalue weighted by molar-refractivity contribution is 5.82. The SMILES string of the molecule is CN(C)C1(CNC(=O)[C@@H](N)C(C)(C)C)CCC1. The highest BCUT2D eigenvalue weighted by atomic mass is 16.2. The van der Waals surface area contributed by atoms with E-state index in [4.69, 9.17) is 5.73 Å². The van der Waals surface area contributed by atoms with Crippen LogP contribution in [0.15, 0.2) is 0 Å². The third-order valence-corrected chi connectivity index (χ3v) is 4.04. The molecule has 0 saturated heterocycles. The quantitative estimate of drug-likeness (QED) is 0.771. The molecule has 1 rings (SSSR count). The van der Waals surface area contributed by atoms with Gasteiger partial charge in [-0.25, -0.2) is 0 Å². The molecule has 0 aromatic heterocycles. The number of amides is 1. The van der Waals surface area contributed by atoms with Crippen LogP contribution in [0.5, 0.6) is 0 Å². The summed E-state index contributed by atoms with van der Waals surface area (Å²) >= 11 is 0. The van der Waals surface area contributed by atoms with Crippen molar-refractivity contribution in [2.24, 2.45) is 11.1 Å². The van der Waals surface area contributed by atoms with Gasteiger partial charge in [0.15, 0.2) is 0 Å². The summed E-state index contributed by atoms with van der Waals surface area (Å²) in [6.45, 7) is 6.68. The zero-order valence-electron chi connectivity index (χ0n) is 11.8. The maximum absolute atomic E-state index is 11.9. The molecule has 0 aromatic rings. The van der Waals surface area contributed by atoms with Crippen molar-refractivity contribution in [2.45, 2.75) is 51.6 Å². The van der Waals surface area contributed by atoms with Gasteiger partial charge in [-0.3, -0.25) is 4.79 Å². The molecule has 0 unspecified atom stereocenters. The number of carbonyl (C=O) groups is 1. The second-order valence-corrected chi connectivity index (χ2v) is 6.53. The summed E-state index contributed by atoms with van der Waals surface area (Å²) < 4.78 is 0. The Bertz CT molecular complexity index is 277. The van der Waals surface area contributed by atoms with E-state index >= 15 is 0 Å². The fourth-order valence-electron chi connectivity index (χ4n) is 2.12. The number of rotatable bonds is 4. The summed E-state index contributed by atoms with van der Waals surface area (Å²) in [4.78, 5) is 14.2. The van der Waals surface area contributed by atoms with Crippen LogP contribution in [0.2, 0.25) is 0 Å². The van der Waals surface area contributed by atoms with Gasteiger partial charge >= 0.3 is 0 Å². The van der Waals surface area contributed by atoms with Crippen molar-refractivity contribution in [1.82, 2.24) is 10.2 Å². The Morgan fingerprint density at radius 2 is 1.94 bits per heavy atom. The number of likely N-dealkylation sites (N-methyl/N-ethyl adjacent to an activating group) is 1. The molecule has 0 aliphatic heterocycles. The first-order valence-corrected chi connectivity index (χ1v) is 6.40.